The number of carbonyl (C=O) groups excluding carboxylic acids is 1. The van der Waals surface area contributed by atoms with Gasteiger partial charge in [0.25, 0.3) is 0 Å². The fraction of sp³-hybridized carbons (Fsp3) is 0.167. The van der Waals surface area contributed by atoms with Crippen LogP contribution in [0.1, 0.15) is 6.42 Å². The first-order chi connectivity index (χ1) is 8.31. The van der Waals surface area contributed by atoms with Crippen molar-refractivity contribution in [3.8, 4) is 5.69 Å². The number of rotatable bonds is 4. The summed E-state index contributed by atoms with van der Waals surface area (Å²) in [5.41, 5.74) is 1.63. The Hall–Kier alpha value is -1.81. The first kappa shape index (κ1) is 11.7. The molecule has 0 spiro atoms. The van der Waals surface area contributed by atoms with Crippen LogP contribution in [0.15, 0.2) is 43.0 Å². The topological polar surface area (TPSA) is 46.9 Å². The van der Waals surface area contributed by atoms with Crippen LogP contribution < -0.4 is 5.32 Å². The molecule has 0 saturated carbocycles. The molecule has 1 heterocycles. The van der Waals surface area contributed by atoms with E-state index >= 15 is 0 Å². The van der Waals surface area contributed by atoms with Crippen LogP contribution in [0.5, 0.6) is 0 Å². The van der Waals surface area contributed by atoms with Crippen LogP contribution in [0.25, 0.3) is 5.69 Å². The van der Waals surface area contributed by atoms with E-state index in [1.807, 2.05) is 35.0 Å². The summed E-state index contributed by atoms with van der Waals surface area (Å²) >= 11 is 5.53. The van der Waals surface area contributed by atoms with Gasteiger partial charge in [-0.05, 0) is 12.1 Å². The summed E-state index contributed by atoms with van der Waals surface area (Å²) in [4.78, 5) is 15.5. The van der Waals surface area contributed by atoms with E-state index in [9.17, 15) is 4.79 Å². The van der Waals surface area contributed by atoms with E-state index in [1.54, 1.807) is 12.5 Å². The molecule has 4 nitrogen and oxygen atoms in total. The first-order valence-electron chi connectivity index (χ1n) is 5.24. The lowest BCUT2D eigenvalue weighted by molar-refractivity contribution is -0.115. The van der Waals surface area contributed by atoms with Crippen LogP contribution in [0.3, 0.4) is 0 Å². The third-order valence-electron chi connectivity index (χ3n) is 2.28. The number of aromatic nitrogens is 2. The second-order valence-electron chi connectivity index (χ2n) is 3.47. The maximum atomic E-state index is 11.5. The third kappa shape index (κ3) is 2.85. The van der Waals surface area contributed by atoms with E-state index in [-0.39, 0.29) is 5.91 Å². The minimum Gasteiger partial charge on any atom is -0.324 e. The Kier molecular flexibility index (Phi) is 3.77. The standard InChI is InChI=1S/C12H12ClN3O/c13-6-5-12(17)15-10-3-1-2-4-11(10)16-8-7-14-9-16/h1-4,7-9H,5-6H2,(H,15,17). The van der Waals surface area contributed by atoms with Crippen LogP contribution in [0, 0.1) is 0 Å². The largest absolute Gasteiger partial charge is 0.324 e. The SMILES string of the molecule is O=C(CCCl)Nc1ccccc1-n1ccnc1. The molecule has 0 unspecified atom stereocenters. The molecule has 1 amide bonds. The van der Waals surface area contributed by atoms with E-state index in [1.165, 1.54) is 0 Å². The lowest BCUT2D eigenvalue weighted by atomic mass is 10.2. The van der Waals surface area contributed by atoms with Crippen molar-refractivity contribution >= 4 is 23.2 Å². The van der Waals surface area contributed by atoms with Gasteiger partial charge in [-0.1, -0.05) is 12.1 Å². The second kappa shape index (κ2) is 5.50. The molecule has 0 aliphatic rings. The van der Waals surface area contributed by atoms with Crippen molar-refractivity contribution < 1.29 is 4.79 Å². The van der Waals surface area contributed by atoms with E-state index < -0.39 is 0 Å². The summed E-state index contributed by atoms with van der Waals surface area (Å²) < 4.78 is 1.84. The summed E-state index contributed by atoms with van der Waals surface area (Å²) in [6.07, 6.45) is 5.51. The minimum absolute atomic E-state index is 0.0902. The highest BCUT2D eigenvalue weighted by Gasteiger charge is 2.06. The summed E-state index contributed by atoms with van der Waals surface area (Å²) in [5, 5.41) is 2.83. The predicted octanol–water partition coefficient (Wildman–Crippen LogP) is 2.44. The van der Waals surface area contributed by atoms with E-state index in [0.29, 0.717) is 12.3 Å². The van der Waals surface area contributed by atoms with Gasteiger partial charge in [-0.15, -0.1) is 11.6 Å². The molecule has 0 atom stereocenters. The number of benzene rings is 1. The Morgan fingerprint density at radius 3 is 2.94 bits per heavy atom. The van der Waals surface area contributed by atoms with Crippen LogP contribution in [0.2, 0.25) is 0 Å². The summed E-state index contributed by atoms with van der Waals surface area (Å²) in [7, 11) is 0. The Labute approximate surface area is 104 Å². The summed E-state index contributed by atoms with van der Waals surface area (Å²) in [6.45, 7) is 0. The van der Waals surface area contributed by atoms with Gasteiger partial charge in [0.2, 0.25) is 5.91 Å². The molecular weight excluding hydrogens is 238 g/mol. The number of anilines is 1. The fourth-order valence-corrected chi connectivity index (χ4v) is 1.68. The molecule has 5 heteroatoms. The smallest absolute Gasteiger partial charge is 0.225 e. The fourth-order valence-electron chi connectivity index (χ4n) is 1.50. The van der Waals surface area contributed by atoms with Crippen molar-refractivity contribution in [3.05, 3.63) is 43.0 Å². The maximum absolute atomic E-state index is 11.5. The number of hydrogen-bond acceptors (Lipinski definition) is 2. The highest BCUT2D eigenvalue weighted by atomic mass is 35.5. The molecule has 0 aliphatic carbocycles. The second-order valence-corrected chi connectivity index (χ2v) is 3.85. The summed E-state index contributed by atoms with van der Waals surface area (Å²) in [5.74, 6) is 0.228. The quantitative estimate of drug-likeness (QED) is 0.846. The molecule has 0 aliphatic heterocycles. The number of para-hydroxylation sites is 2. The van der Waals surface area contributed by atoms with Gasteiger partial charge in [0.1, 0.15) is 0 Å². The minimum atomic E-state index is -0.0902. The van der Waals surface area contributed by atoms with Crippen LogP contribution in [-0.4, -0.2) is 21.3 Å². The lowest BCUT2D eigenvalue weighted by Gasteiger charge is -2.10. The van der Waals surface area contributed by atoms with Crippen molar-refractivity contribution in [2.24, 2.45) is 0 Å². The predicted molar refractivity (Wildman–Crippen MR) is 67.5 cm³/mol. The monoisotopic (exact) mass is 249 g/mol. The molecule has 0 radical (unpaired) electrons. The van der Waals surface area contributed by atoms with Crippen molar-refractivity contribution in [2.45, 2.75) is 6.42 Å². The summed E-state index contributed by atoms with van der Waals surface area (Å²) in [6, 6.07) is 7.54. The highest BCUT2D eigenvalue weighted by molar-refractivity contribution is 6.19. The maximum Gasteiger partial charge on any atom is 0.225 e. The Morgan fingerprint density at radius 1 is 1.41 bits per heavy atom. The van der Waals surface area contributed by atoms with E-state index in [2.05, 4.69) is 10.3 Å². The van der Waals surface area contributed by atoms with Crippen LogP contribution >= 0.6 is 11.6 Å². The molecule has 1 aromatic heterocycles. The number of halogens is 1. The molecule has 1 N–H and O–H groups in total. The molecule has 2 rings (SSSR count). The molecule has 0 saturated heterocycles. The van der Waals surface area contributed by atoms with Crippen molar-refractivity contribution in [1.29, 1.82) is 0 Å². The van der Waals surface area contributed by atoms with Gasteiger partial charge in [0.15, 0.2) is 0 Å². The van der Waals surface area contributed by atoms with Gasteiger partial charge in [0, 0.05) is 24.7 Å². The van der Waals surface area contributed by atoms with Crippen molar-refractivity contribution in [3.63, 3.8) is 0 Å². The zero-order valence-electron chi connectivity index (χ0n) is 9.14. The lowest BCUT2D eigenvalue weighted by Crippen LogP contribution is -2.13. The first-order valence-corrected chi connectivity index (χ1v) is 5.78. The number of amides is 1. The van der Waals surface area contributed by atoms with Crippen LogP contribution in [0.4, 0.5) is 5.69 Å². The van der Waals surface area contributed by atoms with Crippen molar-refractivity contribution in [1.82, 2.24) is 9.55 Å². The Balaban J connectivity index is 2.25. The number of carbonyl (C=O) groups is 1. The zero-order valence-corrected chi connectivity index (χ0v) is 9.89. The van der Waals surface area contributed by atoms with E-state index in [4.69, 9.17) is 11.6 Å². The van der Waals surface area contributed by atoms with E-state index in [0.717, 1.165) is 11.4 Å². The average Bonchev–Trinajstić information content (AvgIpc) is 2.83. The molecule has 17 heavy (non-hydrogen) atoms. The molecule has 2 aromatic rings. The highest BCUT2D eigenvalue weighted by Crippen LogP contribution is 2.19. The van der Waals surface area contributed by atoms with Gasteiger partial charge < -0.3 is 9.88 Å². The number of nitrogens with zero attached hydrogens (tertiary/aromatic N) is 2. The normalized spacial score (nSPS) is 10.2. The Bertz CT molecular complexity index is 496. The molecule has 88 valence electrons. The molecule has 0 fully saturated rings. The van der Waals surface area contributed by atoms with Crippen LogP contribution in [-0.2, 0) is 4.79 Å². The number of imidazole rings is 1. The Morgan fingerprint density at radius 2 is 2.24 bits per heavy atom. The molecule has 1 aromatic carbocycles. The number of alkyl halides is 1. The number of nitrogens with one attached hydrogen (secondary N) is 1. The van der Waals surface area contributed by atoms with Gasteiger partial charge in [-0.25, -0.2) is 4.98 Å². The third-order valence-corrected chi connectivity index (χ3v) is 2.47. The zero-order chi connectivity index (χ0) is 12.1. The van der Waals surface area contributed by atoms with Crippen molar-refractivity contribution in [2.75, 3.05) is 11.2 Å². The average molecular weight is 250 g/mol. The van der Waals surface area contributed by atoms with Gasteiger partial charge >= 0.3 is 0 Å². The molecular formula is C12H12ClN3O. The number of hydrogen-bond donors (Lipinski definition) is 1. The van der Waals surface area contributed by atoms with Gasteiger partial charge in [0.05, 0.1) is 17.7 Å². The van der Waals surface area contributed by atoms with Gasteiger partial charge in [-0.3, -0.25) is 4.79 Å². The van der Waals surface area contributed by atoms with Gasteiger partial charge in [-0.2, -0.15) is 0 Å². The molecule has 0 bridgehead atoms.